The summed E-state index contributed by atoms with van der Waals surface area (Å²) in [6.07, 6.45) is 1.02. The first-order valence-electron chi connectivity index (χ1n) is 1.36. The molecule has 0 atom stereocenters. The van der Waals surface area contributed by atoms with Crippen LogP contribution < -0.4 is 0 Å². The van der Waals surface area contributed by atoms with Crippen LogP contribution in [0.15, 0.2) is 0 Å². The minimum Gasteiger partial charge on any atom is -0.290 e. The van der Waals surface area contributed by atoms with Crippen molar-refractivity contribution in [2.75, 3.05) is 5.75 Å². The SMILES string of the molecule is O=[C]CS(=O)(=O)O. The first-order valence-corrected chi connectivity index (χ1v) is 2.97. The minimum absolute atomic E-state index is 0.938. The largest absolute Gasteiger partial charge is 0.290 e. The second-order valence-electron chi connectivity index (χ2n) is 0.871. The van der Waals surface area contributed by atoms with Crippen molar-refractivity contribution in [1.29, 1.82) is 0 Å². The van der Waals surface area contributed by atoms with Crippen LogP contribution in [0.3, 0.4) is 0 Å². The van der Waals surface area contributed by atoms with Crippen LogP contribution in [0.4, 0.5) is 0 Å². The molecule has 0 unspecified atom stereocenters. The summed E-state index contributed by atoms with van der Waals surface area (Å²) in [6, 6.07) is 0. The summed E-state index contributed by atoms with van der Waals surface area (Å²) in [5.74, 6) is -0.938. The van der Waals surface area contributed by atoms with Crippen molar-refractivity contribution in [3.8, 4) is 0 Å². The Morgan fingerprint density at radius 2 is 2.00 bits per heavy atom. The predicted molar refractivity (Wildman–Crippen MR) is 22.1 cm³/mol. The van der Waals surface area contributed by atoms with E-state index in [9.17, 15) is 8.42 Å². The highest BCUT2D eigenvalue weighted by atomic mass is 32.2. The number of hydrogen-bond donors (Lipinski definition) is 1. The fourth-order valence-corrected chi connectivity index (χ4v) is 0.223. The highest BCUT2D eigenvalue weighted by Crippen LogP contribution is 1.73. The van der Waals surface area contributed by atoms with Gasteiger partial charge in [0.2, 0.25) is 6.29 Å². The summed E-state index contributed by atoms with van der Waals surface area (Å²) in [5, 5.41) is 0. The summed E-state index contributed by atoms with van der Waals surface area (Å²) in [5.41, 5.74) is 0. The maximum atomic E-state index is 9.52. The molecular formula is C2H3O4S. The van der Waals surface area contributed by atoms with Gasteiger partial charge in [0, 0.05) is 0 Å². The van der Waals surface area contributed by atoms with E-state index in [1.54, 1.807) is 0 Å². The average molecular weight is 123 g/mol. The molecule has 0 aromatic carbocycles. The molecule has 41 valence electrons. The lowest BCUT2D eigenvalue weighted by Gasteiger charge is -1.78. The van der Waals surface area contributed by atoms with Crippen molar-refractivity contribution in [1.82, 2.24) is 0 Å². The Bertz CT molecular complexity index is 143. The van der Waals surface area contributed by atoms with E-state index in [4.69, 9.17) is 9.35 Å². The molecule has 0 saturated heterocycles. The van der Waals surface area contributed by atoms with E-state index in [1.165, 1.54) is 0 Å². The highest BCUT2D eigenvalue weighted by molar-refractivity contribution is 7.86. The molecule has 7 heavy (non-hydrogen) atoms. The Morgan fingerprint density at radius 3 is 2.00 bits per heavy atom. The van der Waals surface area contributed by atoms with Crippen molar-refractivity contribution >= 4 is 16.4 Å². The van der Waals surface area contributed by atoms with E-state index in [2.05, 4.69) is 0 Å². The molecule has 0 fully saturated rings. The van der Waals surface area contributed by atoms with Crippen molar-refractivity contribution < 1.29 is 17.8 Å². The smallest absolute Gasteiger partial charge is 0.272 e. The number of carbonyl (C=O) groups excluding carboxylic acids is 1. The van der Waals surface area contributed by atoms with E-state index in [0.717, 1.165) is 6.29 Å². The van der Waals surface area contributed by atoms with Crippen LogP contribution in [0.5, 0.6) is 0 Å². The molecule has 5 heteroatoms. The van der Waals surface area contributed by atoms with Crippen molar-refractivity contribution in [3.05, 3.63) is 0 Å². The first kappa shape index (κ1) is 6.58. The quantitative estimate of drug-likeness (QED) is 0.477. The normalized spacial score (nSPS) is 11.0. The van der Waals surface area contributed by atoms with Crippen LogP contribution in [0, 0.1) is 0 Å². The van der Waals surface area contributed by atoms with E-state index in [0.29, 0.717) is 0 Å². The van der Waals surface area contributed by atoms with Gasteiger partial charge < -0.3 is 0 Å². The molecule has 4 nitrogen and oxygen atoms in total. The van der Waals surface area contributed by atoms with Crippen molar-refractivity contribution in [3.63, 3.8) is 0 Å². The molecule has 0 aromatic heterocycles. The summed E-state index contributed by atoms with van der Waals surface area (Å²) in [4.78, 5) is 9.16. The average Bonchev–Trinajstić information content (AvgIpc) is 1.30. The van der Waals surface area contributed by atoms with Crippen LogP contribution in [-0.4, -0.2) is 25.0 Å². The second kappa shape index (κ2) is 2.04. The van der Waals surface area contributed by atoms with Gasteiger partial charge in [0.1, 0.15) is 5.75 Å². The van der Waals surface area contributed by atoms with Gasteiger partial charge in [-0.25, -0.2) is 0 Å². The maximum absolute atomic E-state index is 9.52. The molecule has 1 radical (unpaired) electrons. The summed E-state index contributed by atoms with van der Waals surface area (Å²) >= 11 is 0. The zero-order valence-electron chi connectivity index (χ0n) is 3.29. The molecule has 0 spiro atoms. The van der Waals surface area contributed by atoms with Crippen LogP contribution >= 0.6 is 0 Å². The molecule has 1 N–H and O–H groups in total. The molecule has 0 aromatic rings. The molecular weight excluding hydrogens is 120 g/mol. The van der Waals surface area contributed by atoms with E-state index < -0.39 is 15.9 Å². The Morgan fingerprint density at radius 1 is 1.57 bits per heavy atom. The molecule has 0 aliphatic rings. The van der Waals surface area contributed by atoms with Crippen LogP contribution in [0.2, 0.25) is 0 Å². The molecule has 0 amide bonds. The monoisotopic (exact) mass is 123 g/mol. The lowest BCUT2D eigenvalue weighted by atomic mass is 10.9. The Labute approximate surface area is 40.9 Å². The van der Waals surface area contributed by atoms with E-state index in [1.807, 2.05) is 0 Å². The highest BCUT2D eigenvalue weighted by Gasteiger charge is 2.00. The Kier molecular flexibility index (Phi) is 1.91. The third-order valence-corrected chi connectivity index (χ3v) is 0.724. The third kappa shape index (κ3) is 5.58. The van der Waals surface area contributed by atoms with Gasteiger partial charge in [-0.1, -0.05) is 0 Å². The molecule has 0 heterocycles. The van der Waals surface area contributed by atoms with Crippen LogP contribution in [0.1, 0.15) is 0 Å². The van der Waals surface area contributed by atoms with Gasteiger partial charge in [0.25, 0.3) is 10.1 Å². The summed E-state index contributed by atoms with van der Waals surface area (Å²) in [7, 11) is -4.10. The first-order chi connectivity index (χ1) is 3.06. The fourth-order valence-electron chi connectivity index (χ4n) is 0.0745. The Hall–Kier alpha value is -0.420. The standard InChI is InChI=1S/C2H3O4S/c3-1-2-7(4,5)6/h2H2,(H,4,5,6). The lowest BCUT2D eigenvalue weighted by Crippen LogP contribution is -2.03. The molecule has 0 bridgehead atoms. The van der Waals surface area contributed by atoms with Crippen molar-refractivity contribution in [2.45, 2.75) is 0 Å². The summed E-state index contributed by atoms with van der Waals surface area (Å²) in [6.45, 7) is 0. The lowest BCUT2D eigenvalue weighted by molar-refractivity contribution is 0.485. The zero-order valence-corrected chi connectivity index (χ0v) is 4.10. The van der Waals surface area contributed by atoms with Gasteiger partial charge in [-0.2, -0.15) is 8.42 Å². The minimum atomic E-state index is -4.10. The van der Waals surface area contributed by atoms with Crippen molar-refractivity contribution in [2.24, 2.45) is 0 Å². The van der Waals surface area contributed by atoms with Gasteiger partial charge in [0.05, 0.1) is 0 Å². The van der Waals surface area contributed by atoms with Crippen LogP contribution in [0.25, 0.3) is 0 Å². The van der Waals surface area contributed by atoms with Gasteiger partial charge in [0.15, 0.2) is 0 Å². The Balaban J connectivity index is 3.84. The molecule has 0 rings (SSSR count). The van der Waals surface area contributed by atoms with E-state index in [-0.39, 0.29) is 0 Å². The third-order valence-electron chi connectivity index (χ3n) is 0.241. The summed E-state index contributed by atoms with van der Waals surface area (Å²) < 4.78 is 26.8. The van der Waals surface area contributed by atoms with E-state index >= 15 is 0 Å². The number of hydrogen-bond acceptors (Lipinski definition) is 3. The van der Waals surface area contributed by atoms with Gasteiger partial charge in [-0.15, -0.1) is 0 Å². The zero-order chi connectivity index (χ0) is 5.91. The van der Waals surface area contributed by atoms with Gasteiger partial charge in [-0.3, -0.25) is 9.35 Å². The molecule has 0 aliphatic carbocycles. The van der Waals surface area contributed by atoms with Gasteiger partial charge in [-0.05, 0) is 0 Å². The van der Waals surface area contributed by atoms with Crippen LogP contribution in [-0.2, 0) is 14.9 Å². The van der Waals surface area contributed by atoms with Gasteiger partial charge >= 0.3 is 0 Å². The fraction of sp³-hybridized carbons (Fsp3) is 0.500. The topological polar surface area (TPSA) is 71.4 Å². The maximum Gasteiger partial charge on any atom is 0.272 e. The number of rotatable bonds is 2. The second-order valence-corrected chi connectivity index (χ2v) is 2.32. The molecule has 0 saturated carbocycles. The molecule has 0 aliphatic heterocycles. The predicted octanol–water partition coefficient (Wildman–Crippen LogP) is -1.02.